The van der Waals surface area contributed by atoms with Gasteiger partial charge in [0.1, 0.15) is 19.3 Å². The third-order valence-electron chi connectivity index (χ3n) is 19.9. The minimum atomic E-state index is -4.96. The lowest BCUT2D eigenvalue weighted by Crippen LogP contribution is -2.30. The Balaban J connectivity index is 5.23. The highest BCUT2D eigenvalue weighted by Gasteiger charge is 2.30. The van der Waals surface area contributed by atoms with Crippen LogP contribution in [-0.4, -0.2) is 96.7 Å². The van der Waals surface area contributed by atoms with Gasteiger partial charge in [-0.3, -0.25) is 37.3 Å². The van der Waals surface area contributed by atoms with Gasteiger partial charge in [0.15, 0.2) is 12.2 Å². The van der Waals surface area contributed by atoms with Gasteiger partial charge in [-0.15, -0.1) is 0 Å². The molecular formula is C84H164O17P2. The van der Waals surface area contributed by atoms with E-state index in [1.54, 1.807) is 0 Å². The molecule has 0 rings (SSSR count). The molecule has 612 valence electrons. The van der Waals surface area contributed by atoms with Crippen molar-refractivity contribution in [3.63, 3.8) is 0 Å². The van der Waals surface area contributed by atoms with Crippen molar-refractivity contribution in [2.45, 2.75) is 476 Å². The van der Waals surface area contributed by atoms with Crippen molar-refractivity contribution >= 4 is 39.5 Å². The summed E-state index contributed by atoms with van der Waals surface area (Å²) in [6, 6.07) is 0. The maximum Gasteiger partial charge on any atom is 0.472 e. The van der Waals surface area contributed by atoms with E-state index in [1.165, 1.54) is 289 Å². The topological polar surface area (TPSA) is 237 Å². The molecule has 19 heteroatoms. The number of carbonyl (C=O) groups excluding carboxylic acids is 4. The Bertz CT molecular complexity index is 1950. The summed E-state index contributed by atoms with van der Waals surface area (Å²) in [4.78, 5) is 73.1. The fourth-order valence-electron chi connectivity index (χ4n) is 13.2. The van der Waals surface area contributed by atoms with Gasteiger partial charge in [0.2, 0.25) is 0 Å². The van der Waals surface area contributed by atoms with E-state index < -0.39 is 97.5 Å². The second-order valence-corrected chi connectivity index (χ2v) is 33.1. The largest absolute Gasteiger partial charge is 0.472 e. The van der Waals surface area contributed by atoms with E-state index in [0.29, 0.717) is 25.7 Å². The van der Waals surface area contributed by atoms with Gasteiger partial charge in [0.05, 0.1) is 26.4 Å². The van der Waals surface area contributed by atoms with Crippen molar-refractivity contribution in [1.82, 2.24) is 0 Å². The Labute approximate surface area is 632 Å². The number of esters is 4. The van der Waals surface area contributed by atoms with Crippen LogP contribution in [0, 0.1) is 0 Å². The van der Waals surface area contributed by atoms with Crippen LogP contribution in [0.15, 0.2) is 0 Å². The SMILES string of the molecule is CCCCCCCCCCCCCCCCCCCCCC(=O)O[C@H](COC(=O)CCCCCCCCCCCCCCCCCCC)COP(=O)(O)OC[C@@H](O)COP(=O)(O)OC[C@@H](COC(=O)CCCCCCCCCCCC)OC(=O)CCCCCCCCCCCCCCCCCCC. The number of rotatable bonds is 85. The van der Waals surface area contributed by atoms with E-state index in [2.05, 4.69) is 27.7 Å². The number of aliphatic hydroxyl groups is 1. The maximum atomic E-state index is 13.1. The van der Waals surface area contributed by atoms with Crippen LogP contribution < -0.4 is 0 Å². The van der Waals surface area contributed by atoms with Crippen molar-refractivity contribution in [3.8, 4) is 0 Å². The van der Waals surface area contributed by atoms with Crippen LogP contribution >= 0.6 is 15.6 Å². The van der Waals surface area contributed by atoms with Crippen LogP contribution in [0.25, 0.3) is 0 Å². The van der Waals surface area contributed by atoms with E-state index in [4.69, 9.17) is 37.0 Å². The van der Waals surface area contributed by atoms with E-state index in [0.717, 1.165) is 89.9 Å². The maximum absolute atomic E-state index is 13.1. The summed E-state index contributed by atoms with van der Waals surface area (Å²) in [6.07, 6.45) is 72.1. The molecule has 0 fully saturated rings. The molecule has 103 heavy (non-hydrogen) atoms. The lowest BCUT2D eigenvalue weighted by molar-refractivity contribution is -0.161. The molecule has 0 saturated heterocycles. The quantitative estimate of drug-likeness (QED) is 0.0222. The molecule has 5 atom stereocenters. The number of hydrogen-bond acceptors (Lipinski definition) is 15. The van der Waals surface area contributed by atoms with Gasteiger partial charge < -0.3 is 33.8 Å². The number of carbonyl (C=O) groups is 4. The fourth-order valence-corrected chi connectivity index (χ4v) is 14.7. The average molecular weight is 1510 g/mol. The molecule has 0 saturated carbocycles. The third kappa shape index (κ3) is 78.0. The zero-order valence-electron chi connectivity index (χ0n) is 67.3. The lowest BCUT2D eigenvalue weighted by atomic mass is 10.0. The lowest BCUT2D eigenvalue weighted by Gasteiger charge is -2.21. The predicted octanol–water partition coefficient (Wildman–Crippen LogP) is 25.7. The van der Waals surface area contributed by atoms with Crippen LogP contribution in [0.2, 0.25) is 0 Å². The number of ether oxygens (including phenoxy) is 4. The van der Waals surface area contributed by atoms with Gasteiger partial charge in [0.25, 0.3) is 0 Å². The van der Waals surface area contributed by atoms with Crippen LogP contribution in [0.4, 0.5) is 0 Å². The van der Waals surface area contributed by atoms with Gasteiger partial charge in [0, 0.05) is 25.7 Å². The van der Waals surface area contributed by atoms with E-state index >= 15 is 0 Å². The van der Waals surface area contributed by atoms with E-state index in [9.17, 15) is 43.2 Å². The number of hydrogen-bond donors (Lipinski definition) is 3. The number of phosphoric ester groups is 2. The first-order valence-corrected chi connectivity index (χ1v) is 46.8. The second-order valence-electron chi connectivity index (χ2n) is 30.2. The van der Waals surface area contributed by atoms with E-state index in [-0.39, 0.29) is 25.7 Å². The molecule has 0 bridgehead atoms. The smallest absolute Gasteiger partial charge is 0.462 e. The fraction of sp³-hybridized carbons (Fsp3) is 0.952. The first-order chi connectivity index (χ1) is 50.2. The molecule has 0 amide bonds. The number of unbranched alkanes of at least 4 members (excludes halogenated alkanes) is 59. The van der Waals surface area contributed by atoms with Gasteiger partial charge >= 0.3 is 39.5 Å². The highest BCUT2D eigenvalue weighted by Crippen LogP contribution is 2.45. The normalized spacial score (nSPS) is 13.7. The van der Waals surface area contributed by atoms with Crippen molar-refractivity contribution in [2.75, 3.05) is 39.6 Å². The zero-order chi connectivity index (χ0) is 75.3. The molecule has 0 aromatic carbocycles. The molecule has 0 aliphatic heterocycles. The standard InChI is InChI=1S/C84H164O17P2/c1-5-9-13-17-21-25-29-32-35-38-39-42-45-48-51-55-59-63-67-71-84(89)101-80(75-95-82(87)69-65-61-57-53-49-46-43-40-36-33-30-26-22-18-14-10-6-2)77-99-103(92,93)97-73-78(85)72-96-102(90,91)98-76-79(74-94-81(86)68-64-60-56-52-28-24-20-16-12-8-4)100-83(88)70-66-62-58-54-50-47-44-41-37-34-31-27-23-19-15-11-7-3/h78-80,85H,5-77H2,1-4H3,(H,90,91)(H,92,93)/t78-,79+,80+/m0/s1. The Kier molecular flexibility index (Phi) is 76.7. The number of phosphoric acid groups is 2. The molecule has 0 spiro atoms. The first kappa shape index (κ1) is 101. The molecule has 0 aromatic rings. The summed E-state index contributed by atoms with van der Waals surface area (Å²) in [6.45, 7) is 5.05. The molecular weight excluding hydrogens is 1340 g/mol. The summed E-state index contributed by atoms with van der Waals surface area (Å²) < 4.78 is 68.8. The predicted molar refractivity (Wildman–Crippen MR) is 423 cm³/mol. The molecule has 0 aromatic heterocycles. The summed E-state index contributed by atoms with van der Waals surface area (Å²) >= 11 is 0. The van der Waals surface area contributed by atoms with Crippen LogP contribution in [-0.2, 0) is 65.4 Å². The molecule has 0 aliphatic rings. The summed E-state index contributed by atoms with van der Waals surface area (Å²) in [5.41, 5.74) is 0. The molecule has 0 radical (unpaired) electrons. The summed E-state index contributed by atoms with van der Waals surface area (Å²) in [5.74, 6) is -2.10. The first-order valence-electron chi connectivity index (χ1n) is 43.8. The van der Waals surface area contributed by atoms with Crippen molar-refractivity contribution in [2.24, 2.45) is 0 Å². The molecule has 3 N–H and O–H groups in total. The Hall–Kier alpha value is -1.94. The minimum Gasteiger partial charge on any atom is -0.462 e. The van der Waals surface area contributed by atoms with Gasteiger partial charge in [-0.2, -0.15) is 0 Å². The van der Waals surface area contributed by atoms with Crippen molar-refractivity contribution in [3.05, 3.63) is 0 Å². The van der Waals surface area contributed by atoms with Crippen LogP contribution in [0.5, 0.6) is 0 Å². The van der Waals surface area contributed by atoms with Gasteiger partial charge in [-0.1, -0.05) is 407 Å². The van der Waals surface area contributed by atoms with E-state index in [1.807, 2.05) is 0 Å². The van der Waals surface area contributed by atoms with Gasteiger partial charge in [-0.05, 0) is 25.7 Å². The third-order valence-corrected chi connectivity index (χ3v) is 21.8. The monoisotopic (exact) mass is 1510 g/mol. The summed E-state index contributed by atoms with van der Waals surface area (Å²) in [5, 5.41) is 10.7. The Morgan fingerprint density at radius 3 is 0.573 bits per heavy atom. The summed E-state index contributed by atoms with van der Waals surface area (Å²) in [7, 11) is -9.92. The van der Waals surface area contributed by atoms with Crippen molar-refractivity contribution in [1.29, 1.82) is 0 Å². The van der Waals surface area contributed by atoms with Crippen molar-refractivity contribution < 1.29 is 80.2 Å². The molecule has 17 nitrogen and oxygen atoms in total. The second kappa shape index (κ2) is 78.2. The zero-order valence-corrected chi connectivity index (χ0v) is 69.1. The van der Waals surface area contributed by atoms with Gasteiger partial charge in [-0.25, -0.2) is 9.13 Å². The van der Waals surface area contributed by atoms with Crippen LogP contribution in [0.1, 0.15) is 458 Å². The highest BCUT2D eigenvalue weighted by molar-refractivity contribution is 7.47. The van der Waals surface area contributed by atoms with Crippen LogP contribution in [0.3, 0.4) is 0 Å². The minimum absolute atomic E-state index is 0.109. The Morgan fingerprint density at radius 1 is 0.233 bits per heavy atom. The molecule has 2 unspecified atom stereocenters. The Morgan fingerprint density at radius 2 is 0.388 bits per heavy atom. The molecule has 0 heterocycles. The molecule has 0 aliphatic carbocycles. The average Bonchev–Trinajstić information content (AvgIpc) is 0.926. The number of aliphatic hydroxyl groups excluding tert-OH is 1. The highest BCUT2D eigenvalue weighted by atomic mass is 31.2.